The fraction of sp³-hybridized carbons (Fsp3) is 0.944. The van der Waals surface area contributed by atoms with Crippen LogP contribution in [-0.4, -0.2) is 34.1 Å². The van der Waals surface area contributed by atoms with Crippen molar-refractivity contribution in [3.8, 4) is 0 Å². The van der Waals surface area contributed by atoms with E-state index >= 15 is 0 Å². The summed E-state index contributed by atoms with van der Waals surface area (Å²) in [6.45, 7) is 2.27. The molecule has 1 N–H and O–H groups in total. The summed E-state index contributed by atoms with van der Waals surface area (Å²) in [4.78, 5) is 10.3. The number of hydrogen-bond donors (Lipinski definition) is 1. The third-order valence-electron chi connectivity index (χ3n) is 3.99. The third kappa shape index (κ3) is 25.7. The summed E-state index contributed by atoms with van der Waals surface area (Å²) in [7, 11) is 0. The maximum Gasteiger partial charge on any atom is 0.316 e. The molecule has 4 heteroatoms. The van der Waals surface area contributed by atoms with Crippen molar-refractivity contribution in [3.63, 3.8) is 0 Å². The number of aliphatic carboxylic acids is 1. The number of carboxylic acids is 1. The summed E-state index contributed by atoms with van der Waals surface area (Å²) < 4.78 is 0. The summed E-state index contributed by atoms with van der Waals surface area (Å²) in [5, 5.41) is 8.52. The van der Waals surface area contributed by atoms with Gasteiger partial charge in [-0.15, -0.1) is 0 Å². The van der Waals surface area contributed by atoms with Crippen LogP contribution in [0.25, 0.3) is 0 Å². The molecular weight excluding hydrogens is 327 g/mol. The van der Waals surface area contributed by atoms with Gasteiger partial charge in [0.05, 0.1) is 0 Å². The monoisotopic (exact) mass is 365 g/mol. The van der Waals surface area contributed by atoms with Gasteiger partial charge in [-0.1, -0.05) is 96.8 Å². The van der Waals surface area contributed by atoms with E-state index in [1.807, 2.05) is 0 Å². The SMILES string of the molecule is CCCCCCCCCCCCCCCCCC(=O)O.[MgH2].[Mn]. The first-order chi connectivity index (χ1) is 9.77. The van der Waals surface area contributed by atoms with E-state index < -0.39 is 5.97 Å². The summed E-state index contributed by atoms with van der Waals surface area (Å²) >= 11 is 0. The maximum absolute atomic E-state index is 10.3. The molecule has 0 aromatic heterocycles. The van der Waals surface area contributed by atoms with Crippen LogP contribution in [0.15, 0.2) is 0 Å². The molecule has 0 aliphatic heterocycles. The van der Waals surface area contributed by atoms with E-state index in [1.165, 1.54) is 83.5 Å². The zero-order chi connectivity index (χ0) is 14.9. The molecule has 0 unspecified atom stereocenters. The molecular formula is C18H38MgMnO2. The predicted molar refractivity (Wildman–Crippen MR) is 95.7 cm³/mol. The molecule has 0 spiro atoms. The third-order valence-corrected chi connectivity index (χ3v) is 3.99. The first kappa shape index (κ1) is 27.6. The second-order valence-electron chi connectivity index (χ2n) is 6.09. The normalized spacial score (nSPS) is 9.86. The number of unbranched alkanes of at least 4 members (excludes halogenated alkanes) is 14. The van der Waals surface area contributed by atoms with Gasteiger partial charge in [-0.25, -0.2) is 0 Å². The zero-order valence-electron chi connectivity index (χ0n) is 14.0. The van der Waals surface area contributed by atoms with Crippen LogP contribution in [0.2, 0.25) is 0 Å². The van der Waals surface area contributed by atoms with Crippen molar-refractivity contribution in [1.82, 2.24) is 0 Å². The van der Waals surface area contributed by atoms with Crippen molar-refractivity contribution in [2.24, 2.45) is 0 Å². The van der Waals surface area contributed by atoms with E-state index in [2.05, 4.69) is 6.92 Å². The maximum atomic E-state index is 10.3. The number of hydrogen-bond acceptors (Lipinski definition) is 1. The van der Waals surface area contributed by atoms with Crippen molar-refractivity contribution in [3.05, 3.63) is 0 Å². The van der Waals surface area contributed by atoms with Gasteiger partial charge < -0.3 is 5.11 Å². The van der Waals surface area contributed by atoms with Gasteiger partial charge in [0, 0.05) is 23.5 Å². The van der Waals surface area contributed by atoms with E-state index in [1.54, 1.807) is 0 Å². The Morgan fingerprint density at radius 2 is 0.909 bits per heavy atom. The molecule has 0 aromatic rings. The van der Waals surface area contributed by atoms with Gasteiger partial charge in [-0.3, -0.25) is 4.79 Å². The average Bonchev–Trinajstić information content (AvgIpc) is 2.43. The minimum atomic E-state index is -0.653. The average molecular weight is 366 g/mol. The largest absolute Gasteiger partial charge is 0.481 e. The van der Waals surface area contributed by atoms with Gasteiger partial charge in [0.2, 0.25) is 0 Å². The number of carbonyl (C=O) groups is 1. The Hall–Kier alpha value is 0.756. The molecule has 0 bridgehead atoms. The molecule has 0 aromatic carbocycles. The van der Waals surface area contributed by atoms with Gasteiger partial charge in [0.1, 0.15) is 0 Å². The van der Waals surface area contributed by atoms with Crippen molar-refractivity contribution >= 4 is 29.0 Å². The van der Waals surface area contributed by atoms with Crippen molar-refractivity contribution in [2.75, 3.05) is 0 Å². The molecule has 131 valence electrons. The van der Waals surface area contributed by atoms with Gasteiger partial charge in [-0.2, -0.15) is 0 Å². The Bertz CT molecular complexity index is 213. The molecule has 0 heterocycles. The van der Waals surface area contributed by atoms with Crippen LogP contribution < -0.4 is 0 Å². The second-order valence-corrected chi connectivity index (χ2v) is 6.09. The van der Waals surface area contributed by atoms with Crippen molar-refractivity contribution in [2.45, 2.75) is 110 Å². The molecule has 0 aliphatic rings. The molecule has 1 radical (unpaired) electrons. The summed E-state index contributed by atoms with van der Waals surface area (Å²) in [6.07, 6.45) is 20.2. The van der Waals surface area contributed by atoms with Gasteiger partial charge in [0.15, 0.2) is 0 Å². The van der Waals surface area contributed by atoms with Crippen LogP contribution in [0, 0.1) is 0 Å². The van der Waals surface area contributed by atoms with Crippen LogP contribution >= 0.6 is 0 Å². The number of rotatable bonds is 16. The van der Waals surface area contributed by atoms with Gasteiger partial charge in [-0.05, 0) is 6.42 Å². The van der Waals surface area contributed by atoms with E-state index in [0.717, 1.165) is 12.8 Å². The molecule has 0 atom stereocenters. The van der Waals surface area contributed by atoms with E-state index in [9.17, 15) is 4.79 Å². The van der Waals surface area contributed by atoms with Gasteiger partial charge in [0.25, 0.3) is 0 Å². The number of carboxylic acid groups (broad SMARTS) is 1. The minimum absolute atomic E-state index is 0. The molecule has 2 nitrogen and oxygen atoms in total. The summed E-state index contributed by atoms with van der Waals surface area (Å²) in [6, 6.07) is 0. The van der Waals surface area contributed by atoms with Crippen molar-refractivity contribution < 1.29 is 27.0 Å². The fourth-order valence-electron chi connectivity index (χ4n) is 2.65. The van der Waals surface area contributed by atoms with Crippen LogP contribution in [0.1, 0.15) is 110 Å². The molecule has 0 saturated carbocycles. The Labute approximate surface area is 165 Å². The van der Waals surface area contributed by atoms with Crippen LogP contribution in [0.3, 0.4) is 0 Å². The van der Waals surface area contributed by atoms with Crippen molar-refractivity contribution in [1.29, 1.82) is 0 Å². The smallest absolute Gasteiger partial charge is 0.316 e. The first-order valence-corrected chi connectivity index (χ1v) is 8.99. The van der Waals surface area contributed by atoms with E-state index in [-0.39, 0.29) is 40.1 Å². The standard InChI is InChI=1S/C18H36O2.Mg.Mn.2H/c1-2-3-4-5-6-7-8-9-10-11-12-13-14-15-16-17-18(19)20;;;;/h2-17H2,1H3,(H,19,20);;;;. The Morgan fingerprint density at radius 3 is 1.18 bits per heavy atom. The molecule has 0 aliphatic carbocycles. The summed E-state index contributed by atoms with van der Waals surface area (Å²) in [5.74, 6) is -0.653. The molecule has 0 fully saturated rings. The molecule has 0 rings (SSSR count). The van der Waals surface area contributed by atoms with Crippen LogP contribution in [-0.2, 0) is 21.9 Å². The Morgan fingerprint density at radius 1 is 0.636 bits per heavy atom. The predicted octanol–water partition coefficient (Wildman–Crippen LogP) is 5.41. The minimum Gasteiger partial charge on any atom is -0.481 e. The molecule has 0 saturated heterocycles. The van der Waals surface area contributed by atoms with Gasteiger partial charge >= 0.3 is 29.0 Å². The van der Waals surface area contributed by atoms with Crippen LogP contribution in [0.4, 0.5) is 0 Å². The second kappa shape index (κ2) is 24.0. The first-order valence-electron chi connectivity index (χ1n) is 8.99. The zero-order valence-corrected chi connectivity index (χ0v) is 15.2. The van der Waals surface area contributed by atoms with Crippen LogP contribution in [0.5, 0.6) is 0 Å². The Balaban J connectivity index is -0.00000180. The Kier molecular flexibility index (Phi) is 30.1. The summed E-state index contributed by atoms with van der Waals surface area (Å²) in [5.41, 5.74) is 0. The van der Waals surface area contributed by atoms with E-state index in [0.29, 0.717) is 6.42 Å². The fourth-order valence-corrected chi connectivity index (χ4v) is 2.65. The molecule has 0 amide bonds. The molecule has 22 heavy (non-hydrogen) atoms. The quantitative estimate of drug-likeness (QED) is 0.293. The topological polar surface area (TPSA) is 37.3 Å². The van der Waals surface area contributed by atoms with E-state index in [4.69, 9.17) is 5.11 Å².